The van der Waals surface area contributed by atoms with Crippen LogP contribution in [0, 0.1) is 0 Å². The van der Waals surface area contributed by atoms with Crippen LogP contribution in [0.1, 0.15) is 28.7 Å². The SMILES string of the molecule is CCOc1cccc(C(=O)NCc2nc3ccccc3n2CCc2ccccc2)c1. The highest BCUT2D eigenvalue weighted by molar-refractivity contribution is 5.94. The molecule has 30 heavy (non-hydrogen) atoms. The Morgan fingerprint density at radius 2 is 1.80 bits per heavy atom. The largest absolute Gasteiger partial charge is 0.494 e. The lowest BCUT2D eigenvalue weighted by Crippen LogP contribution is -2.25. The zero-order chi connectivity index (χ0) is 20.8. The van der Waals surface area contributed by atoms with Crippen molar-refractivity contribution in [1.29, 1.82) is 0 Å². The second-order valence-corrected chi connectivity index (χ2v) is 7.05. The molecule has 5 heteroatoms. The van der Waals surface area contributed by atoms with E-state index in [1.54, 1.807) is 12.1 Å². The molecule has 0 atom stereocenters. The molecule has 0 saturated heterocycles. The lowest BCUT2D eigenvalue weighted by molar-refractivity contribution is 0.0949. The zero-order valence-electron chi connectivity index (χ0n) is 17.0. The van der Waals surface area contributed by atoms with Crippen LogP contribution >= 0.6 is 0 Å². The molecule has 0 bridgehead atoms. The molecule has 5 nitrogen and oxygen atoms in total. The highest BCUT2D eigenvalue weighted by Crippen LogP contribution is 2.18. The Labute approximate surface area is 176 Å². The Hall–Kier alpha value is -3.60. The molecule has 0 fully saturated rings. The molecule has 1 N–H and O–H groups in total. The van der Waals surface area contributed by atoms with Crippen LogP contribution in [0.5, 0.6) is 5.75 Å². The summed E-state index contributed by atoms with van der Waals surface area (Å²) in [6, 6.07) is 25.7. The number of fused-ring (bicyclic) bond motifs is 1. The van der Waals surface area contributed by atoms with Gasteiger partial charge in [-0.05, 0) is 49.2 Å². The van der Waals surface area contributed by atoms with Crippen molar-refractivity contribution in [2.75, 3.05) is 6.61 Å². The molecule has 1 heterocycles. The molecule has 0 aliphatic rings. The number of aryl methyl sites for hydroxylation is 2. The summed E-state index contributed by atoms with van der Waals surface area (Å²) >= 11 is 0. The van der Waals surface area contributed by atoms with Crippen LogP contribution in [0.2, 0.25) is 0 Å². The minimum atomic E-state index is -0.141. The number of hydrogen-bond donors (Lipinski definition) is 1. The number of ether oxygens (including phenoxy) is 1. The Bertz CT molecular complexity index is 1140. The van der Waals surface area contributed by atoms with Gasteiger partial charge in [-0.15, -0.1) is 0 Å². The number of amides is 1. The number of imidazole rings is 1. The Balaban J connectivity index is 1.52. The minimum Gasteiger partial charge on any atom is -0.494 e. The normalized spacial score (nSPS) is 10.8. The summed E-state index contributed by atoms with van der Waals surface area (Å²) in [5.41, 5.74) is 3.87. The van der Waals surface area contributed by atoms with E-state index in [1.807, 2.05) is 43.3 Å². The molecule has 1 amide bonds. The van der Waals surface area contributed by atoms with E-state index in [1.165, 1.54) is 5.56 Å². The third kappa shape index (κ3) is 4.51. The van der Waals surface area contributed by atoms with Gasteiger partial charge in [0.1, 0.15) is 11.6 Å². The second kappa shape index (κ2) is 9.27. The first-order valence-corrected chi connectivity index (χ1v) is 10.2. The van der Waals surface area contributed by atoms with Gasteiger partial charge in [-0.3, -0.25) is 4.79 Å². The van der Waals surface area contributed by atoms with Crippen molar-refractivity contribution in [2.45, 2.75) is 26.4 Å². The average molecular weight is 399 g/mol. The zero-order valence-corrected chi connectivity index (χ0v) is 17.0. The van der Waals surface area contributed by atoms with E-state index in [2.05, 4.69) is 40.2 Å². The van der Waals surface area contributed by atoms with E-state index in [0.717, 1.165) is 29.8 Å². The number of para-hydroxylation sites is 2. The summed E-state index contributed by atoms with van der Waals surface area (Å²) < 4.78 is 7.69. The summed E-state index contributed by atoms with van der Waals surface area (Å²) in [6.45, 7) is 3.65. The van der Waals surface area contributed by atoms with Crippen molar-refractivity contribution in [3.63, 3.8) is 0 Å². The van der Waals surface area contributed by atoms with Crippen LogP contribution in [0.3, 0.4) is 0 Å². The predicted octanol–water partition coefficient (Wildman–Crippen LogP) is 4.61. The molecule has 0 aliphatic heterocycles. The van der Waals surface area contributed by atoms with Gasteiger partial charge in [0.15, 0.2) is 0 Å². The number of carbonyl (C=O) groups excluding carboxylic acids is 1. The fraction of sp³-hybridized carbons (Fsp3) is 0.200. The van der Waals surface area contributed by atoms with Crippen molar-refractivity contribution in [3.05, 3.63) is 95.8 Å². The number of benzene rings is 3. The van der Waals surface area contributed by atoms with E-state index in [4.69, 9.17) is 9.72 Å². The average Bonchev–Trinajstić information content (AvgIpc) is 3.14. The number of rotatable bonds is 8. The molecule has 0 saturated carbocycles. The van der Waals surface area contributed by atoms with Gasteiger partial charge in [0.25, 0.3) is 5.91 Å². The molecule has 4 aromatic rings. The maximum absolute atomic E-state index is 12.7. The Kier molecular flexibility index (Phi) is 6.09. The van der Waals surface area contributed by atoms with Crippen LogP contribution in [-0.2, 0) is 19.5 Å². The third-order valence-corrected chi connectivity index (χ3v) is 5.01. The van der Waals surface area contributed by atoms with Crippen LogP contribution in [-0.4, -0.2) is 22.1 Å². The van der Waals surface area contributed by atoms with E-state index in [0.29, 0.717) is 24.5 Å². The lowest BCUT2D eigenvalue weighted by atomic mass is 10.1. The summed E-state index contributed by atoms with van der Waals surface area (Å²) in [6.07, 6.45) is 0.901. The molecule has 0 unspecified atom stereocenters. The van der Waals surface area contributed by atoms with Crippen LogP contribution in [0.4, 0.5) is 0 Å². The maximum atomic E-state index is 12.7. The molecule has 4 rings (SSSR count). The van der Waals surface area contributed by atoms with Crippen LogP contribution in [0.15, 0.2) is 78.9 Å². The Morgan fingerprint density at radius 1 is 1.00 bits per heavy atom. The van der Waals surface area contributed by atoms with Crippen LogP contribution < -0.4 is 10.1 Å². The van der Waals surface area contributed by atoms with Crippen molar-refractivity contribution in [2.24, 2.45) is 0 Å². The standard InChI is InChI=1S/C25H25N3O2/c1-2-30-21-12-8-11-20(17-21)25(29)26-18-24-27-22-13-6-7-14-23(22)28(24)16-15-19-9-4-3-5-10-19/h3-14,17H,2,15-16,18H2,1H3,(H,26,29). The van der Waals surface area contributed by atoms with Gasteiger partial charge >= 0.3 is 0 Å². The molecule has 0 aliphatic carbocycles. The van der Waals surface area contributed by atoms with E-state index in [-0.39, 0.29) is 5.91 Å². The third-order valence-electron chi connectivity index (χ3n) is 5.01. The Morgan fingerprint density at radius 3 is 2.63 bits per heavy atom. The van der Waals surface area contributed by atoms with Gasteiger partial charge in [0, 0.05) is 12.1 Å². The molecule has 1 aromatic heterocycles. The summed E-state index contributed by atoms with van der Waals surface area (Å²) in [5, 5.41) is 3.01. The van der Waals surface area contributed by atoms with E-state index < -0.39 is 0 Å². The fourth-order valence-corrected chi connectivity index (χ4v) is 3.55. The van der Waals surface area contributed by atoms with Crippen molar-refractivity contribution >= 4 is 16.9 Å². The number of carbonyl (C=O) groups is 1. The number of aromatic nitrogens is 2. The van der Waals surface area contributed by atoms with Gasteiger partial charge in [0.2, 0.25) is 0 Å². The smallest absolute Gasteiger partial charge is 0.251 e. The maximum Gasteiger partial charge on any atom is 0.251 e. The minimum absolute atomic E-state index is 0.141. The van der Waals surface area contributed by atoms with Crippen molar-refractivity contribution < 1.29 is 9.53 Å². The molecule has 3 aromatic carbocycles. The van der Waals surface area contributed by atoms with Crippen LogP contribution in [0.25, 0.3) is 11.0 Å². The molecule has 0 spiro atoms. The topological polar surface area (TPSA) is 56.1 Å². The van der Waals surface area contributed by atoms with E-state index in [9.17, 15) is 4.79 Å². The monoisotopic (exact) mass is 399 g/mol. The lowest BCUT2D eigenvalue weighted by Gasteiger charge is -2.11. The number of nitrogens with zero attached hydrogens (tertiary/aromatic N) is 2. The quantitative estimate of drug-likeness (QED) is 0.471. The molecular formula is C25H25N3O2. The first-order valence-electron chi connectivity index (χ1n) is 10.2. The van der Waals surface area contributed by atoms with Gasteiger partial charge in [-0.1, -0.05) is 48.5 Å². The predicted molar refractivity (Wildman–Crippen MR) is 119 cm³/mol. The van der Waals surface area contributed by atoms with E-state index >= 15 is 0 Å². The first-order chi connectivity index (χ1) is 14.7. The fourth-order valence-electron chi connectivity index (χ4n) is 3.55. The van der Waals surface area contributed by atoms with Gasteiger partial charge in [-0.25, -0.2) is 4.98 Å². The van der Waals surface area contributed by atoms with Crippen molar-refractivity contribution in [1.82, 2.24) is 14.9 Å². The van der Waals surface area contributed by atoms with Gasteiger partial charge in [0.05, 0.1) is 24.2 Å². The summed E-state index contributed by atoms with van der Waals surface area (Å²) in [5.74, 6) is 1.40. The highest BCUT2D eigenvalue weighted by atomic mass is 16.5. The van der Waals surface area contributed by atoms with Gasteiger partial charge < -0.3 is 14.6 Å². The van der Waals surface area contributed by atoms with Gasteiger partial charge in [-0.2, -0.15) is 0 Å². The molecule has 0 radical (unpaired) electrons. The highest BCUT2D eigenvalue weighted by Gasteiger charge is 2.13. The second-order valence-electron chi connectivity index (χ2n) is 7.05. The molecule has 152 valence electrons. The van der Waals surface area contributed by atoms with Crippen molar-refractivity contribution in [3.8, 4) is 5.75 Å². The molecular weight excluding hydrogens is 374 g/mol. The number of hydrogen-bond acceptors (Lipinski definition) is 3. The summed E-state index contributed by atoms with van der Waals surface area (Å²) in [7, 11) is 0. The first kappa shape index (κ1) is 19.7. The summed E-state index contributed by atoms with van der Waals surface area (Å²) in [4.78, 5) is 17.4. The number of nitrogens with one attached hydrogen (secondary N) is 1.